The fourth-order valence-corrected chi connectivity index (χ4v) is 4.42. The van der Waals surface area contributed by atoms with Crippen LogP contribution in [0.5, 0.6) is 0 Å². The molecule has 2 rings (SSSR count). The lowest BCUT2D eigenvalue weighted by molar-refractivity contribution is -0.120. The molecule has 0 bridgehead atoms. The molecule has 1 unspecified atom stereocenters. The second-order valence-electron chi connectivity index (χ2n) is 5.00. The molecule has 1 N–H and O–H groups in total. The largest absolute Gasteiger partial charge is 0.354 e. The van der Waals surface area contributed by atoms with Gasteiger partial charge >= 0.3 is 0 Å². The summed E-state index contributed by atoms with van der Waals surface area (Å²) < 4.78 is 0. The number of carbonyl (C=O) groups excluding carboxylic acids is 1. The fraction of sp³-hybridized carbons (Fsp3) is 0.353. The molecule has 0 aliphatic carbocycles. The SMILES string of the molecule is Cc1ccc(SC(C)C(=O)NCCSCc2cccs2)cc1. The Balaban J connectivity index is 1.62. The topological polar surface area (TPSA) is 29.1 Å². The first kappa shape index (κ1) is 17.4. The van der Waals surface area contributed by atoms with E-state index >= 15 is 0 Å². The minimum absolute atomic E-state index is 0.0648. The number of amides is 1. The lowest BCUT2D eigenvalue weighted by atomic mass is 10.2. The van der Waals surface area contributed by atoms with Gasteiger partial charge in [-0.25, -0.2) is 0 Å². The molecular weight excluding hydrogens is 330 g/mol. The smallest absolute Gasteiger partial charge is 0.233 e. The number of hydrogen-bond acceptors (Lipinski definition) is 4. The molecule has 5 heteroatoms. The van der Waals surface area contributed by atoms with Crippen LogP contribution >= 0.6 is 34.9 Å². The standard InChI is InChI=1S/C17H21NOS3/c1-13-5-7-15(8-6-13)22-14(2)17(19)18-9-11-20-12-16-4-3-10-21-16/h3-8,10,14H,9,11-12H2,1-2H3,(H,18,19). The van der Waals surface area contributed by atoms with Crippen molar-refractivity contribution < 1.29 is 4.79 Å². The van der Waals surface area contributed by atoms with E-state index < -0.39 is 0 Å². The summed E-state index contributed by atoms with van der Waals surface area (Å²) in [5, 5.41) is 5.05. The van der Waals surface area contributed by atoms with Crippen molar-refractivity contribution in [3.63, 3.8) is 0 Å². The van der Waals surface area contributed by atoms with Gasteiger partial charge in [0.2, 0.25) is 5.91 Å². The van der Waals surface area contributed by atoms with E-state index in [4.69, 9.17) is 0 Å². The maximum absolute atomic E-state index is 12.1. The van der Waals surface area contributed by atoms with Crippen molar-refractivity contribution in [1.82, 2.24) is 5.32 Å². The molecule has 0 saturated heterocycles. The van der Waals surface area contributed by atoms with Gasteiger partial charge in [0.25, 0.3) is 0 Å². The van der Waals surface area contributed by atoms with Crippen LogP contribution in [0.15, 0.2) is 46.7 Å². The van der Waals surface area contributed by atoms with Crippen LogP contribution in [-0.4, -0.2) is 23.5 Å². The van der Waals surface area contributed by atoms with E-state index in [1.54, 1.807) is 23.1 Å². The van der Waals surface area contributed by atoms with E-state index in [2.05, 4.69) is 54.0 Å². The van der Waals surface area contributed by atoms with Gasteiger partial charge in [-0.3, -0.25) is 4.79 Å². The van der Waals surface area contributed by atoms with Gasteiger partial charge in [0, 0.05) is 27.8 Å². The van der Waals surface area contributed by atoms with Gasteiger partial charge in [0.15, 0.2) is 0 Å². The van der Waals surface area contributed by atoms with Crippen molar-refractivity contribution in [3.8, 4) is 0 Å². The van der Waals surface area contributed by atoms with E-state index in [0.29, 0.717) is 0 Å². The molecule has 0 fully saturated rings. The molecule has 0 radical (unpaired) electrons. The summed E-state index contributed by atoms with van der Waals surface area (Å²) in [5.74, 6) is 2.09. The summed E-state index contributed by atoms with van der Waals surface area (Å²) in [6.07, 6.45) is 0. The molecule has 22 heavy (non-hydrogen) atoms. The Hall–Kier alpha value is -0.910. The van der Waals surface area contributed by atoms with E-state index in [1.165, 1.54) is 10.4 Å². The highest BCUT2D eigenvalue weighted by Crippen LogP contribution is 2.23. The number of thiophene rings is 1. The zero-order valence-electron chi connectivity index (χ0n) is 12.9. The zero-order valence-corrected chi connectivity index (χ0v) is 15.3. The van der Waals surface area contributed by atoms with Crippen LogP contribution in [0.3, 0.4) is 0 Å². The Labute approximate surface area is 145 Å². The first-order valence-electron chi connectivity index (χ1n) is 7.26. The third-order valence-electron chi connectivity index (χ3n) is 3.07. The van der Waals surface area contributed by atoms with Crippen molar-refractivity contribution in [3.05, 3.63) is 52.2 Å². The summed E-state index contributed by atoms with van der Waals surface area (Å²) in [4.78, 5) is 14.6. The van der Waals surface area contributed by atoms with Crippen LogP contribution in [0.4, 0.5) is 0 Å². The maximum Gasteiger partial charge on any atom is 0.233 e. The predicted octanol–water partition coefficient (Wildman–Crippen LogP) is 4.59. The number of rotatable bonds is 8. The molecule has 1 atom stereocenters. The fourth-order valence-electron chi connectivity index (χ4n) is 1.83. The molecule has 0 spiro atoms. The summed E-state index contributed by atoms with van der Waals surface area (Å²) in [6.45, 7) is 4.75. The minimum Gasteiger partial charge on any atom is -0.354 e. The first-order valence-corrected chi connectivity index (χ1v) is 10.2. The number of benzene rings is 1. The summed E-state index contributed by atoms with van der Waals surface area (Å²) >= 11 is 5.25. The Morgan fingerprint density at radius 1 is 1.27 bits per heavy atom. The average Bonchev–Trinajstić information content (AvgIpc) is 3.02. The Kier molecular flexibility index (Phi) is 7.36. The number of thioether (sulfide) groups is 2. The van der Waals surface area contributed by atoms with Crippen LogP contribution in [0, 0.1) is 6.92 Å². The van der Waals surface area contributed by atoms with Crippen molar-refractivity contribution in [2.75, 3.05) is 12.3 Å². The number of carbonyl (C=O) groups is 1. The maximum atomic E-state index is 12.1. The monoisotopic (exact) mass is 351 g/mol. The third kappa shape index (κ3) is 6.07. The van der Waals surface area contributed by atoms with Crippen LogP contribution < -0.4 is 5.32 Å². The van der Waals surface area contributed by atoms with Gasteiger partial charge in [0.05, 0.1) is 5.25 Å². The lowest BCUT2D eigenvalue weighted by Crippen LogP contribution is -2.32. The first-order chi connectivity index (χ1) is 10.6. The van der Waals surface area contributed by atoms with Crippen molar-refractivity contribution in [2.24, 2.45) is 0 Å². The molecule has 1 aromatic heterocycles. The third-order valence-corrected chi connectivity index (χ3v) is 6.25. The number of aryl methyl sites for hydroxylation is 1. The molecule has 1 amide bonds. The Morgan fingerprint density at radius 2 is 2.05 bits per heavy atom. The van der Waals surface area contributed by atoms with Gasteiger partial charge in [-0.2, -0.15) is 11.8 Å². The highest BCUT2D eigenvalue weighted by molar-refractivity contribution is 8.00. The lowest BCUT2D eigenvalue weighted by Gasteiger charge is -2.12. The Morgan fingerprint density at radius 3 is 2.73 bits per heavy atom. The predicted molar refractivity (Wildman–Crippen MR) is 100.0 cm³/mol. The second-order valence-corrected chi connectivity index (χ2v) is 8.55. The molecule has 1 heterocycles. The normalized spacial score (nSPS) is 12.1. The average molecular weight is 352 g/mol. The van der Waals surface area contributed by atoms with Crippen molar-refractivity contribution >= 4 is 40.8 Å². The van der Waals surface area contributed by atoms with Crippen LogP contribution in [0.2, 0.25) is 0 Å². The van der Waals surface area contributed by atoms with Gasteiger partial charge in [-0.1, -0.05) is 23.8 Å². The summed E-state index contributed by atoms with van der Waals surface area (Å²) in [7, 11) is 0. The molecule has 0 aliphatic rings. The van der Waals surface area contributed by atoms with Gasteiger partial charge in [-0.05, 0) is 37.4 Å². The highest BCUT2D eigenvalue weighted by atomic mass is 32.2. The summed E-state index contributed by atoms with van der Waals surface area (Å²) in [5.41, 5.74) is 1.24. The molecule has 118 valence electrons. The van der Waals surface area contributed by atoms with E-state index in [1.807, 2.05) is 18.7 Å². The minimum atomic E-state index is -0.0648. The van der Waals surface area contributed by atoms with E-state index in [9.17, 15) is 4.79 Å². The molecule has 2 nitrogen and oxygen atoms in total. The molecule has 0 aliphatic heterocycles. The second kappa shape index (κ2) is 9.28. The number of nitrogens with one attached hydrogen (secondary N) is 1. The van der Waals surface area contributed by atoms with Crippen LogP contribution in [-0.2, 0) is 10.5 Å². The van der Waals surface area contributed by atoms with Crippen molar-refractivity contribution in [2.45, 2.75) is 29.7 Å². The molecule has 0 saturated carbocycles. The van der Waals surface area contributed by atoms with Gasteiger partial charge in [0.1, 0.15) is 0 Å². The molecule has 2 aromatic rings. The van der Waals surface area contributed by atoms with Crippen LogP contribution in [0.1, 0.15) is 17.4 Å². The van der Waals surface area contributed by atoms with E-state index in [0.717, 1.165) is 22.9 Å². The quantitative estimate of drug-likeness (QED) is 0.557. The van der Waals surface area contributed by atoms with Crippen LogP contribution in [0.25, 0.3) is 0 Å². The highest BCUT2D eigenvalue weighted by Gasteiger charge is 2.13. The molecular formula is C17H21NOS3. The number of hydrogen-bond donors (Lipinski definition) is 1. The zero-order chi connectivity index (χ0) is 15.8. The van der Waals surface area contributed by atoms with Crippen molar-refractivity contribution in [1.29, 1.82) is 0 Å². The van der Waals surface area contributed by atoms with Gasteiger partial charge in [-0.15, -0.1) is 23.1 Å². The summed E-state index contributed by atoms with van der Waals surface area (Å²) in [6, 6.07) is 12.5. The van der Waals surface area contributed by atoms with E-state index in [-0.39, 0.29) is 11.2 Å². The van der Waals surface area contributed by atoms with Gasteiger partial charge < -0.3 is 5.32 Å². The molecule has 1 aromatic carbocycles. The Bertz CT molecular complexity index is 566.